The van der Waals surface area contributed by atoms with Crippen molar-refractivity contribution in [3.05, 3.63) is 20.8 Å². The molecular formula is C10H12BrNOS. The fourth-order valence-corrected chi connectivity index (χ4v) is 3.72. The van der Waals surface area contributed by atoms with Crippen LogP contribution in [0.25, 0.3) is 0 Å². The first kappa shape index (κ1) is 10.2. The molecule has 1 aromatic rings. The predicted molar refractivity (Wildman–Crippen MR) is 61.3 cm³/mol. The summed E-state index contributed by atoms with van der Waals surface area (Å²) in [7, 11) is 0. The van der Waals surface area contributed by atoms with Crippen LogP contribution in [0.2, 0.25) is 0 Å². The van der Waals surface area contributed by atoms with Gasteiger partial charge < -0.3 is 5.32 Å². The minimum Gasteiger partial charge on any atom is -0.348 e. The fraction of sp³-hybridized carbons (Fsp3) is 0.500. The van der Waals surface area contributed by atoms with Crippen LogP contribution in [0.4, 0.5) is 0 Å². The van der Waals surface area contributed by atoms with Crippen LogP contribution in [0.1, 0.15) is 31.2 Å². The standard InChI is InChI=1S/C10H12BrNOS/c1-10(2)5-7(13)12-9(10)8-6(11)3-4-14-8/h3-4,9H,5H2,1-2H3,(H,12,13). The fourth-order valence-electron chi connectivity index (χ4n) is 1.86. The van der Waals surface area contributed by atoms with Crippen LogP contribution < -0.4 is 5.32 Å². The first-order valence-corrected chi connectivity index (χ1v) is 6.20. The zero-order valence-electron chi connectivity index (χ0n) is 8.13. The number of rotatable bonds is 1. The Bertz CT molecular complexity index is 372. The number of halogens is 1. The van der Waals surface area contributed by atoms with E-state index < -0.39 is 0 Å². The predicted octanol–water partition coefficient (Wildman–Crippen LogP) is 3.10. The van der Waals surface area contributed by atoms with Gasteiger partial charge in [0.25, 0.3) is 0 Å². The van der Waals surface area contributed by atoms with Gasteiger partial charge in [0.05, 0.1) is 6.04 Å². The molecule has 0 radical (unpaired) electrons. The van der Waals surface area contributed by atoms with Crippen molar-refractivity contribution in [1.29, 1.82) is 0 Å². The topological polar surface area (TPSA) is 29.1 Å². The molecule has 0 bridgehead atoms. The Morgan fingerprint density at radius 3 is 2.79 bits per heavy atom. The highest BCUT2D eigenvalue weighted by molar-refractivity contribution is 9.10. The zero-order valence-corrected chi connectivity index (χ0v) is 10.5. The van der Waals surface area contributed by atoms with E-state index in [0.717, 1.165) is 4.47 Å². The van der Waals surface area contributed by atoms with E-state index in [9.17, 15) is 4.79 Å². The maximum Gasteiger partial charge on any atom is 0.221 e. The molecule has 1 fully saturated rings. The highest BCUT2D eigenvalue weighted by Gasteiger charge is 2.41. The molecule has 0 aromatic carbocycles. The monoisotopic (exact) mass is 273 g/mol. The minimum absolute atomic E-state index is 0.0183. The molecule has 1 saturated heterocycles. The van der Waals surface area contributed by atoms with E-state index in [1.807, 2.05) is 11.4 Å². The third kappa shape index (κ3) is 1.61. The normalized spacial score (nSPS) is 25.1. The number of carbonyl (C=O) groups is 1. The lowest BCUT2D eigenvalue weighted by Crippen LogP contribution is -2.23. The molecule has 1 N–H and O–H groups in total. The molecule has 2 nitrogen and oxygen atoms in total. The molecule has 0 saturated carbocycles. The lowest BCUT2D eigenvalue weighted by molar-refractivity contribution is -0.119. The molecule has 1 aliphatic rings. The molecule has 0 aliphatic carbocycles. The van der Waals surface area contributed by atoms with Crippen molar-refractivity contribution in [3.63, 3.8) is 0 Å². The van der Waals surface area contributed by atoms with Gasteiger partial charge in [0.1, 0.15) is 0 Å². The number of hydrogen-bond acceptors (Lipinski definition) is 2. The van der Waals surface area contributed by atoms with Crippen molar-refractivity contribution in [1.82, 2.24) is 5.32 Å². The maximum atomic E-state index is 11.4. The van der Waals surface area contributed by atoms with Gasteiger partial charge in [-0.3, -0.25) is 4.79 Å². The van der Waals surface area contributed by atoms with E-state index in [1.165, 1.54) is 4.88 Å². The first-order valence-electron chi connectivity index (χ1n) is 4.53. The zero-order chi connectivity index (χ0) is 10.3. The smallest absolute Gasteiger partial charge is 0.221 e. The number of hydrogen-bond donors (Lipinski definition) is 1. The quantitative estimate of drug-likeness (QED) is 0.837. The van der Waals surface area contributed by atoms with Crippen LogP contribution in [-0.2, 0) is 4.79 Å². The Morgan fingerprint density at radius 2 is 2.36 bits per heavy atom. The molecule has 1 aliphatic heterocycles. The summed E-state index contributed by atoms with van der Waals surface area (Å²) >= 11 is 5.20. The maximum absolute atomic E-state index is 11.4. The summed E-state index contributed by atoms with van der Waals surface area (Å²) in [6.45, 7) is 4.25. The largest absolute Gasteiger partial charge is 0.348 e. The van der Waals surface area contributed by atoms with Crippen molar-refractivity contribution in [2.45, 2.75) is 26.3 Å². The van der Waals surface area contributed by atoms with Gasteiger partial charge in [0, 0.05) is 15.8 Å². The molecule has 1 aromatic heterocycles. The van der Waals surface area contributed by atoms with E-state index in [1.54, 1.807) is 11.3 Å². The lowest BCUT2D eigenvalue weighted by Gasteiger charge is -2.24. The molecule has 14 heavy (non-hydrogen) atoms. The number of thiophene rings is 1. The Kier molecular flexibility index (Phi) is 2.43. The van der Waals surface area contributed by atoms with Crippen LogP contribution in [0, 0.1) is 5.41 Å². The lowest BCUT2D eigenvalue weighted by atomic mass is 9.84. The molecule has 0 spiro atoms. The average molecular weight is 274 g/mol. The van der Waals surface area contributed by atoms with E-state index >= 15 is 0 Å². The van der Waals surface area contributed by atoms with Crippen molar-refractivity contribution in [2.75, 3.05) is 0 Å². The number of nitrogens with one attached hydrogen (secondary N) is 1. The van der Waals surface area contributed by atoms with Crippen LogP contribution in [0.3, 0.4) is 0 Å². The Balaban J connectivity index is 2.36. The summed E-state index contributed by atoms with van der Waals surface area (Å²) in [4.78, 5) is 12.6. The van der Waals surface area contributed by atoms with Crippen LogP contribution in [-0.4, -0.2) is 5.91 Å². The van der Waals surface area contributed by atoms with Gasteiger partial charge >= 0.3 is 0 Å². The van der Waals surface area contributed by atoms with E-state index in [-0.39, 0.29) is 17.4 Å². The van der Waals surface area contributed by atoms with Crippen molar-refractivity contribution in [3.8, 4) is 0 Å². The van der Waals surface area contributed by atoms with Gasteiger partial charge in [-0.25, -0.2) is 0 Å². The average Bonchev–Trinajstić information content (AvgIpc) is 2.55. The summed E-state index contributed by atoms with van der Waals surface area (Å²) in [6, 6.07) is 2.19. The van der Waals surface area contributed by atoms with Crippen LogP contribution in [0.15, 0.2) is 15.9 Å². The van der Waals surface area contributed by atoms with Gasteiger partial charge in [0.2, 0.25) is 5.91 Å². The molecule has 2 rings (SSSR count). The number of carbonyl (C=O) groups excluding carboxylic acids is 1. The van der Waals surface area contributed by atoms with Crippen LogP contribution >= 0.6 is 27.3 Å². The Hall–Kier alpha value is -0.350. The van der Waals surface area contributed by atoms with Crippen molar-refractivity contribution < 1.29 is 4.79 Å². The second-order valence-corrected chi connectivity index (χ2v) is 6.10. The summed E-state index contributed by atoms with van der Waals surface area (Å²) in [5, 5.41) is 5.07. The van der Waals surface area contributed by atoms with Gasteiger partial charge in [-0.05, 0) is 32.8 Å². The summed E-state index contributed by atoms with van der Waals surface area (Å²) in [5.41, 5.74) is 0.0183. The van der Waals surface area contributed by atoms with E-state index in [4.69, 9.17) is 0 Å². The SMILES string of the molecule is CC1(C)CC(=O)NC1c1sccc1Br. The van der Waals surface area contributed by atoms with Gasteiger partial charge in [0.15, 0.2) is 0 Å². The van der Waals surface area contributed by atoms with Gasteiger partial charge in [-0.2, -0.15) is 0 Å². The van der Waals surface area contributed by atoms with Gasteiger partial charge in [-0.15, -0.1) is 11.3 Å². The van der Waals surface area contributed by atoms with E-state index in [2.05, 4.69) is 35.1 Å². The highest BCUT2D eigenvalue weighted by atomic mass is 79.9. The van der Waals surface area contributed by atoms with Crippen molar-refractivity contribution >= 4 is 33.2 Å². The molecule has 4 heteroatoms. The summed E-state index contributed by atoms with van der Waals surface area (Å²) in [5.74, 6) is 0.153. The second-order valence-electron chi connectivity index (χ2n) is 4.30. The first-order chi connectivity index (χ1) is 6.50. The third-order valence-electron chi connectivity index (χ3n) is 2.61. The Morgan fingerprint density at radius 1 is 1.64 bits per heavy atom. The minimum atomic E-state index is 0.0183. The van der Waals surface area contributed by atoms with Crippen LogP contribution in [0.5, 0.6) is 0 Å². The molecule has 1 unspecified atom stereocenters. The summed E-state index contributed by atoms with van der Waals surface area (Å²) < 4.78 is 1.10. The number of amides is 1. The molecule has 1 atom stereocenters. The molecule has 76 valence electrons. The van der Waals surface area contributed by atoms with Gasteiger partial charge in [-0.1, -0.05) is 13.8 Å². The summed E-state index contributed by atoms with van der Waals surface area (Å²) in [6.07, 6.45) is 0.613. The Labute approximate surface area is 95.8 Å². The third-order valence-corrected chi connectivity index (χ3v) is 4.55. The highest BCUT2D eigenvalue weighted by Crippen LogP contribution is 2.45. The molecular weight excluding hydrogens is 262 g/mol. The second kappa shape index (κ2) is 3.35. The van der Waals surface area contributed by atoms with E-state index in [0.29, 0.717) is 6.42 Å². The van der Waals surface area contributed by atoms with Crippen molar-refractivity contribution in [2.24, 2.45) is 5.41 Å². The molecule has 1 amide bonds. The molecule has 2 heterocycles.